The number of hydrogen-bond acceptors (Lipinski definition) is 5. The van der Waals surface area contributed by atoms with Gasteiger partial charge in [-0.25, -0.2) is 4.79 Å². The summed E-state index contributed by atoms with van der Waals surface area (Å²) in [4.78, 5) is 13.7. The van der Waals surface area contributed by atoms with E-state index in [2.05, 4.69) is 9.60 Å². The molecule has 2 atom stereocenters. The van der Waals surface area contributed by atoms with Crippen LogP contribution in [0.25, 0.3) is 0 Å². The van der Waals surface area contributed by atoms with Crippen LogP contribution in [0.4, 0.5) is 4.79 Å². The maximum Gasteiger partial charge on any atom is 0.418 e. The van der Waals surface area contributed by atoms with Crippen molar-refractivity contribution >= 4 is 22.3 Å². The molecule has 0 unspecified atom stereocenters. The first kappa shape index (κ1) is 16.5. The molecule has 23 heavy (non-hydrogen) atoms. The third-order valence-electron chi connectivity index (χ3n) is 4.89. The van der Waals surface area contributed by atoms with E-state index < -0.39 is 28.5 Å². The van der Waals surface area contributed by atoms with Gasteiger partial charge in [-0.3, -0.25) is 9.96 Å². The van der Waals surface area contributed by atoms with Gasteiger partial charge < -0.3 is 10.2 Å². The predicted octanol–water partition coefficient (Wildman–Crippen LogP) is 0.746. The Morgan fingerprint density at radius 1 is 1.30 bits per heavy atom. The summed E-state index contributed by atoms with van der Waals surface area (Å²) in [7, 11) is -4.73. The number of hydroxylamine groups is 2. The highest BCUT2D eigenvalue weighted by atomic mass is 32.3. The van der Waals surface area contributed by atoms with Crippen LogP contribution in [0.3, 0.4) is 0 Å². The van der Waals surface area contributed by atoms with Gasteiger partial charge in [-0.1, -0.05) is 12.8 Å². The van der Waals surface area contributed by atoms with E-state index in [9.17, 15) is 13.2 Å². The first-order valence-electron chi connectivity index (χ1n) is 7.94. The fourth-order valence-corrected chi connectivity index (χ4v) is 4.11. The lowest BCUT2D eigenvalue weighted by atomic mass is 9.99. The first-order chi connectivity index (χ1) is 10.8. The lowest BCUT2D eigenvalue weighted by molar-refractivity contribution is -0.0316. The Labute approximate surface area is 135 Å². The van der Waals surface area contributed by atoms with Crippen LogP contribution in [0, 0.1) is 11.3 Å². The average Bonchev–Trinajstić information content (AvgIpc) is 3.08. The molecule has 2 amide bonds. The number of carbonyl (C=O) groups excluding carboxylic acids is 1. The largest absolute Gasteiger partial charge is 0.418 e. The fraction of sp³-hybridized carbons (Fsp3) is 0.846. The Bertz CT molecular complexity index is 589. The van der Waals surface area contributed by atoms with Crippen molar-refractivity contribution in [2.24, 2.45) is 5.92 Å². The molecule has 0 aromatic rings. The number of rotatable bonds is 5. The average molecular weight is 346 g/mol. The lowest BCUT2D eigenvalue weighted by Gasteiger charge is -2.31. The van der Waals surface area contributed by atoms with Gasteiger partial charge in [0.2, 0.25) is 0 Å². The van der Waals surface area contributed by atoms with Gasteiger partial charge in [0.05, 0.1) is 12.1 Å². The predicted molar refractivity (Wildman–Crippen MR) is 81.1 cm³/mol. The summed E-state index contributed by atoms with van der Waals surface area (Å²) >= 11 is 0. The zero-order valence-corrected chi connectivity index (χ0v) is 13.6. The summed E-state index contributed by atoms with van der Waals surface area (Å²) in [6, 6.07) is -1.43. The topological polar surface area (TPSA) is 123 Å². The van der Waals surface area contributed by atoms with Crippen LogP contribution in [-0.2, 0) is 14.7 Å². The lowest BCUT2D eigenvalue weighted by Crippen LogP contribution is -2.50. The third kappa shape index (κ3) is 3.59. The van der Waals surface area contributed by atoms with Gasteiger partial charge in [0.25, 0.3) is 0 Å². The summed E-state index contributed by atoms with van der Waals surface area (Å²) in [6.07, 6.45) is 5.90. The van der Waals surface area contributed by atoms with Crippen molar-refractivity contribution in [3.63, 3.8) is 0 Å². The number of urea groups is 1. The van der Waals surface area contributed by atoms with Crippen molar-refractivity contribution in [1.82, 2.24) is 15.3 Å². The molecule has 1 aliphatic carbocycles. The zero-order valence-electron chi connectivity index (χ0n) is 12.8. The van der Waals surface area contributed by atoms with E-state index in [1.807, 2.05) is 0 Å². The highest BCUT2D eigenvalue weighted by Crippen LogP contribution is 2.31. The number of nitrogens with one attached hydrogen (secondary N) is 2. The van der Waals surface area contributed by atoms with Crippen molar-refractivity contribution in [3.05, 3.63) is 0 Å². The van der Waals surface area contributed by atoms with Crippen molar-refractivity contribution in [2.75, 3.05) is 13.1 Å². The number of nitrogens with zero attached hydrogens (tertiary/aromatic N) is 2. The molecule has 2 saturated heterocycles. The Balaban J connectivity index is 1.60. The molecule has 3 aliphatic rings. The molecule has 130 valence electrons. The molecule has 0 aromatic carbocycles. The summed E-state index contributed by atoms with van der Waals surface area (Å²) in [5.74, 6) is 0.873. The van der Waals surface area contributed by atoms with Gasteiger partial charge in [0, 0.05) is 13.1 Å². The monoisotopic (exact) mass is 346 g/mol. The number of amidine groups is 1. The van der Waals surface area contributed by atoms with Crippen LogP contribution in [0.5, 0.6) is 0 Å². The standard InChI is InChI=1S/C13H22N4O5S/c14-12(15-7-9-3-1-2-4-9)11-6-5-10-8-16(11)13(18)17(10)22-23(19,20)21/h9-11H,1-8H2,(H2,14,15)(H,19,20,21)/t10-,11+/m1/s1. The second kappa shape index (κ2) is 6.25. The minimum absolute atomic E-state index is 0.289. The smallest absolute Gasteiger partial charge is 0.372 e. The molecule has 3 fully saturated rings. The molecule has 3 N–H and O–H groups in total. The minimum atomic E-state index is -4.73. The number of carbonyl (C=O) groups is 1. The summed E-state index contributed by atoms with van der Waals surface area (Å²) in [6.45, 7) is 1.04. The molecule has 10 heteroatoms. The summed E-state index contributed by atoms with van der Waals surface area (Å²) in [5, 5.41) is 12.0. The second-order valence-electron chi connectivity index (χ2n) is 6.46. The second-order valence-corrected chi connectivity index (χ2v) is 7.46. The summed E-state index contributed by atoms with van der Waals surface area (Å²) < 4.78 is 34.9. The normalized spacial score (nSPS) is 28.5. The zero-order chi connectivity index (χ0) is 16.6. The fourth-order valence-electron chi connectivity index (χ4n) is 3.72. The maximum atomic E-state index is 12.3. The highest BCUT2D eigenvalue weighted by molar-refractivity contribution is 7.80. The molecule has 2 aliphatic heterocycles. The molecule has 3 rings (SSSR count). The third-order valence-corrected chi connectivity index (χ3v) is 5.24. The van der Waals surface area contributed by atoms with Crippen LogP contribution in [0.1, 0.15) is 38.5 Å². The number of amides is 2. The molecule has 0 aromatic heterocycles. The van der Waals surface area contributed by atoms with Gasteiger partial charge >= 0.3 is 16.4 Å². The molecule has 2 heterocycles. The highest BCUT2D eigenvalue weighted by Gasteiger charge is 2.48. The number of fused-ring (bicyclic) bond motifs is 2. The molecular formula is C13H22N4O5S. The van der Waals surface area contributed by atoms with Crippen LogP contribution in [0.2, 0.25) is 0 Å². The van der Waals surface area contributed by atoms with E-state index >= 15 is 0 Å². The van der Waals surface area contributed by atoms with E-state index in [-0.39, 0.29) is 5.84 Å². The maximum absolute atomic E-state index is 12.3. The van der Waals surface area contributed by atoms with Gasteiger partial charge in [0.15, 0.2) is 0 Å². The van der Waals surface area contributed by atoms with Crippen LogP contribution in [-0.4, -0.2) is 60.0 Å². The summed E-state index contributed by atoms with van der Waals surface area (Å²) in [5.41, 5.74) is 0. The van der Waals surface area contributed by atoms with E-state index in [0.717, 1.165) is 6.54 Å². The van der Waals surface area contributed by atoms with E-state index in [4.69, 9.17) is 9.96 Å². The molecule has 9 nitrogen and oxygen atoms in total. The van der Waals surface area contributed by atoms with Gasteiger partial charge in [-0.15, -0.1) is 4.28 Å². The molecule has 2 bridgehead atoms. The Kier molecular flexibility index (Phi) is 4.47. The van der Waals surface area contributed by atoms with Crippen molar-refractivity contribution < 1.29 is 22.0 Å². The van der Waals surface area contributed by atoms with E-state index in [0.29, 0.717) is 30.4 Å². The number of hydrogen-bond donors (Lipinski definition) is 3. The van der Waals surface area contributed by atoms with Gasteiger partial charge in [0.1, 0.15) is 5.84 Å². The Hall–Kier alpha value is -1.39. The first-order valence-corrected chi connectivity index (χ1v) is 9.31. The molecular weight excluding hydrogens is 324 g/mol. The molecule has 1 saturated carbocycles. The molecule has 0 spiro atoms. The minimum Gasteiger partial charge on any atom is -0.372 e. The SMILES string of the molecule is N=C(NCC1CCCC1)[C@@H]1CC[C@@H]2CN1C(=O)N2OS(=O)(=O)O. The number of piperidine rings is 1. The molecule has 0 radical (unpaired) electrons. The Morgan fingerprint density at radius 3 is 2.65 bits per heavy atom. The van der Waals surface area contributed by atoms with Gasteiger partial charge in [-0.05, 0) is 31.6 Å². The Morgan fingerprint density at radius 2 is 2.00 bits per heavy atom. The van der Waals surface area contributed by atoms with E-state index in [1.54, 1.807) is 0 Å². The van der Waals surface area contributed by atoms with Crippen molar-refractivity contribution in [1.29, 1.82) is 5.41 Å². The quantitative estimate of drug-likeness (QED) is 0.383. The van der Waals surface area contributed by atoms with Crippen molar-refractivity contribution in [2.45, 2.75) is 50.6 Å². The van der Waals surface area contributed by atoms with Crippen LogP contribution < -0.4 is 5.32 Å². The van der Waals surface area contributed by atoms with E-state index in [1.165, 1.54) is 30.6 Å². The van der Waals surface area contributed by atoms with Crippen LogP contribution >= 0.6 is 0 Å². The van der Waals surface area contributed by atoms with Crippen LogP contribution in [0.15, 0.2) is 0 Å². The van der Waals surface area contributed by atoms with Crippen molar-refractivity contribution in [3.8, 4) is 0 Å². The van der Waals surface area contributed by atoms with Gasteiger partial charge in [-0.2, -0.15) is 13.5 Å².